The molecule has 0 spiro atoms. The van der Waals surface area contributed by atoms with Gasteiger partial charge in [-0.1, -0.05) is 18.2 Å². The van der Waals surface area contributed by atoms with E-state index in [0.29, 0.717) is 12.0 Å². The Morgan fingerprint density at radius 1 is 1.12 bits per heavy atom. The number of carbonyl (C=O) groups is 3. The maximum absolute atomic E-state index is 12.4. The van der Waals surface area contributed by atoms with Crippen LogP contribution in [0.1, 0.15) is 44.0 Å². The lowest BCUT2D eigenvalue weighted by molar-refractivity contribution is -0.150. The van der Waals surface area contributed by atoms with Gasteiger partial charge in [-0.15, -0.1) is 0 Å². The van der Waals surface area contributed by atoms with Gasteiger partial charge in [0, 0.05) is 19.4 Å². The molecule has 26 heavy (non-hydrogen) atoms. The van der Waals surface area contributed by atoms with E-state index in [4.69, 9.17) is 14.2 Å². The third-order valence-corrected chi connectivity index (χ3v) is 3.94. The molecule has 0 saturated carbocycles. The Hall–Kier alpha value is -2.57. The molecule has 0 radical (unpaired) electrons. The molecule has 1 aliphatic heterocycles. The van der Waals surface area contributed by atoms with Crippen LogP contribution in [0.25, 0.3) is 0 Å². The Morgan fingerprint density at radius 2 is 1.77 bits per heavy atom. The van der Waals surface area contributed by atoms with E-state index < -0.39 is 35.8 Å². The highest BCUT2D eigenvalue weighted by molar-refractivity contribution is 5.89. The van der Waals surface area contributed by atoms with Crippen LogP contribution in [0, 0.1) is 0 Å². The van der Waals surface area contributed by atoms with Crippen LogP contribution >= 0.6 is 0 Å². The Bertz CT molecular complexity index is 652. The zero-order chi connectivity index (χ0) is 19.3. The highest BCUT2D eigenvalue weighted by atomic mass is 16.6. The first-order valence-electron chi connectivity index (χ1n) is 8.54. The van der Waals surface area contributed by atoms with E-state index in [1.54, 1.807) is 45.0 Å². The van der Waals surface area contributed by atoms with Crippen molar-refractivity contribution in [1.29, 1.82) is 0 Å². The van der Waals surface area contributed by atoms with Gasteiger partial charge >= 0.3 is 18.0 Å². The first kappa shape index (κ1) is 19.8. The number of benzene rings is 1. The van der Waals surface area contributed by atoms with Crippen molar-refractivity contribution in [3.05, 3.63) is 35.9 Å². The van der Waals surface area contributed by atoms with E-state index in [1.807, 2.05) is 6.07 Å². The van der Waals surface area contributed by atoms with Gasteiger partial charge in [0.2, 0.25) is 0 Å². The lowest BCUT2D eigenvalue weighted by atomic mass is 9.99. The average Bonchev–Trinajstić information content (AvgIpc) is 2.60. The number of hydrogen-bond acceptors (Lipinski definition) is 6. The summed E-state index contributed by atoms with van der Waals surface area (Å²) in [6, 6.07) is 7.78. The van der Waals surface area contributed by atoms with Gasteiger partial charge in [-0.05, 0) is 32.9 Å². The van der Waals surface area contributed by atoms with Gasteiger partial charge in [0.05, 0.1) is 12.7 Å². The van der Waals surface area contributed by atoms with Crippen molar-refractivity contribution in [3.63, 3.8) is 0 Å². The summed E-state index contributed by atoms with van der Waals surface area (Å²) in [6.07, 6.45) is -0.471. The number of hydrogen-bond donors (Lipinski definition) is 0. The lowest BCUT2D eigenvalue weighted by Gasteiger charge is -2.37. The zero-order valence-electron chi connectivity index (χ0n) is 15.6. The van der Waals surface area contributed by atoms with Crippen molar-refractivity contribution < 1.29 is 28.6 Å². The fourth-order valence-corrected chi connectivity index (χ4v) is 2.73. The fourth-order valence-electron chi connectivity index (χ4n) is 2.73. The van der Waals surface area contributed by atoms with Crippen molar-refractivity contribution in [1.82, 2.24) is 4.90 Å². The zero-order valence-corrected chi connectivity index (χ0v) is 15.6. The van der Waals surface area contributed by atoms with Gasteiger partial charge in [-0.3, -0.25) is 4.90 Å². The molecule has 1 amide bonds. The summed E-state index contributed by atoms with van der Waals surface area (Å²) < 4.78 is 15.7. The van der Waals surface area contributed by atoms with E-state index in [2.05, 4.69) is 0 Å². The Kier molecular flexibility index (Phi) is 6.23. The topological polar surface area (TPSA) is 82.1 Å². The van der Waals surface area contributed by atoms with Crippen molar-refractivity contribution >= 4 is 18.0 Å². The molecule has 0 bridgehead atoms. The minimum Gasteiger partial charge on any atom is -0.467 e. The molecule has 0 unspecified atom stereocenters. The van der Waals surface area contributed by atoms with Crippen LogP contribution in [0.5, 0.6) is 0 Å². The highest BCUT2D eigenvalue weighted by Crippen LogP contribution is 2.24. The summed E-state index contributed by atoms with van der Waals surface area (Å²) >= 11 is 0. The molecular weight excluding hydrogens is 338 g/mol. The van der Waals surface area contributed by atoms with Gasteiger partial charge in [0.1, 0.15) is 17.7 Å². The molecule has 2 atom stereocenters. The molecule has 0 aromatic heterocycles. The van der Waals surface area contributed by atoms with Crippen LogP contribution in [0.4, 0.5) is 4.79 Å². The molecule has 0 aliphatic carbocycles. The van der Waals surface area contributed by atoms with Gasteiger partial charge in [-0.25, -0.2) is 14.4 Å². The Labute approximate surface area is 153 Å². The second kappa shape index (κ2) is 8.21. The molecule has 142 valence electrons. The summed E-state index contributed by atoms with van der Waals surface area (Å²) in [6.45, 7) is 5.51. The summed E-state index contributed by atoms with van der Waals surface area (Å²) in [5.41, 5.74) is -0.231. The molecule has 1 aromatic rings. The van der Waals surface area contributed by atoms with Gasteiger partial charge in [-0.2, -0.15) is 0 Å². The van der Waals surface area contributed by atoms with Crippen molar-refractivity contribution in [3.8, 4) is 0 Å². The molecule has 2 rings (SSSR count). The molecule has 1 fully saturated rings. The summed E-state index contributed by atoms with van der Waals surface area (Å²) in [5, 5.41) is 0. The maximum Gasteiger partial charge on any atom is 0.411 e. The van der Waals surface area contributed by atoms with Crippen molar-refractivity contribution in [2.45, 2.75) is 51.4 Å². The number of carbonyl (C=O) groups excluding carboxylic acids is 3. The van der Waals surface area contributed by atoms with Gasteiger partial charge in [0.15, 0.2) is 0 Å². The van der Waals surface area contributed by atoms with E-state index in [0.717, 1.165) is 0 Å². The average molecular weight is 363 g/mol. The van der Waals surface area contributed by atoms with E-state index in [-0.39, 0.29) is 13.0 Å². The maximum atomic E-state index is 12.4. The highest BCUT2D eigenvalue weighted by Gasteiger charge is 2.40. The minimum atomic E-state index is -0.850. The standard InChI is InChI=1S/C19H25NO6/c1-19(2,3)26-18(23)20-11-10-14(12-15(20)17(22)24-4)25-16(21)13-8-6-5-7-9-13/h5-9,14-15H,10-12H2,1-4H3/t14-,15-/m0/s1. The summed E-state index contributed by atoms with van der Waals surface area (Å²) in [4.78, 5) is 38.1. The van der Waals surface area contributed by atoms with Crippen LogP contribution in [-0.4, -0.2) is 54.3 Å². The second-order valence-corrected chi connectivity index (χ2v) is 7.13. The normalized spacial score (nSPS) is 20.2. The molecule has 7 heteroatoms. The van der Waals surface area contributed by atoms with Crippen molar-refractivity contribution in [2.75, 3.05) is 13.7 Å². The monoisotopic (exact) mass is 363 g/mol. The molecule has 0 N–H and O–H groups in total. The summed E-state index contributed by atoms with van der Waals surface area (Å²) in [7, 11) is 1.26. The van der Waals surface area contributed by atoms with E-state index >= 15 is 0 Å². The summed E-state index contributed by atoms with van der Waals surface area (Å²) in [5.74, 6) is -1.01. The number of rotatable bonds is 3. The SMILES string of the molecule is COC(=O)[C@@H]1C[C@@H](OC(=O)c2ccccc2)CCN1C(=O)OC(C)(C)C. The molecule has 1 aliphatic rings. The van der Waals surface area contributed by atoms with Crippen molar-refractivity contribution in [2.24, 2.45) is 0 Å². The van der Waals surface area contributed by atoms with Crippen LogP contribution < -0.4 is 0 Å². The predicted octanol–water partition coefficient (Wildman–Crippen LogP) is 2.78. The third-order valence-electron chi connectivity index (χ3n) is 3.94. The van der Waals surface area contributed by atoms with E-state index in [9.17, 15) is 14.4 Å². The third kappa shape index (κ3) is 5.21. The number of esters is 2. The number of likely N-dealkylation sites (tertiary alicyclic amines) is 1. The molecular formula is C19H25NO6. The number of nitrogens with zero attached hydrogens (tertiary/aromatic N) is 1. The molecule has 7 nitrogen and oxygen atoms in total. The number of amides is 1. The quantitative estimate of drug-likeness (QED) is 0.607. The number of ether oxygens (including phenoxy) is 3. The predicted molar refractivity (Wildman–Crippen MR) is 93.6 cm³/mol. The van der Waals surface area contributed by atoms with Crippen LogP contribution in [0.3, 0.4) is 0 Å². The van der Waals surface area contributed by atoms with Gasteiger partial charge < -0.3 is 14.2 Å². The number of piperidine rings is 1. The fraction of sp³-hybridized carbons (Fsp3) is 0.526. The molecule has 1 heterocycles. The molecule has 1 aromatic carbocycles. The largest absolute Gasteiger partial charge is 0.467 e. The smallest absolute Gasteiger partial charge is 0.411 e. The Balaban J connectivity index is 2.06. The Morgan fingerprint density at radius 3 is 2.35 bits per heavy atom. The number of methoxy groups -OCH3 is 1. The van der Waals surface area contributed by atoms with E-state index in [1.165, 1.54) is 12.0 Å². The van der Waals surface area contributed by atoms with Crippen LogP contribution in [-0.2, 0) is 19.0 Å². The first-order valence-corrected chi connectivity index (χ1v) is 8.54. The first-order chi connectivity index (χ1) is 12.2. The van der Waals surface area contributed by atoms with Crippen LogP contribution in [0.2, 0.25) is 0 Å². The van der Waals surface area contributed by atoms with Gasteiger partial charge in [0.25, 0.3) is 0 Å². The molecule has 1 saturated heterocycles. The lowest BCUT2D eigenvalue weighted by Crippen LogP contribution is -2.53. The second-order valence-electron chi connectivity index (χ2n) is 7.13. The minimum absolute atomic E-state index is 0.171. The van der Waals surface area contributed by atoms with Crippen LogP contribution in [0.15, 0.2) is 30.3 Å².